The number of ether oxygens (including phenoxy) is 1. The maximum absolute atomic E-state index is 10.8. The number of rotatable bonds is 6. The van der Waals surface area contributed by atoms with Gasteiger partial charge < -0.3 is 4.74 Å². The summed E-state index contributed by atoms with van der Waals surface area (Å²) in [7, 11) is 0. The third kappa shape index (κ3) is 7.06. The van der Waals surface area contributed by atoms with E-state index in [-0.39, 0.29) is 5.97 Å². The van der Waals surface area contributed by atoms with Crippen LogP contribution >= 0.6 is 0 Å². The molecule has 0 atom stereocenters. The second-order valence-corrected chi connectivity index (χ2v) is 2.44. The van der Waals surface area contributed by atoms with Crippen molar-refractivity contribution < 1.29 is 9.53 Å². The Balaban J connectivity index is 3.36. The zero-order valence-corrected chi connectivity index (χ0v) is 7.58. The third-order valence-electron chi connectivity index (χ3n) is 1.27. The van der Waals surface area contributed by atoms with Gasteiger partial charge in [-0.05, 0) is 6.42 Å². The first kappa shape index (κ1) is 11.0. The van der Waals surface area contributed by atoms with E-state index in [0.29, 0.717) is 13.0 Å². The van der Waals surface area contributed by atoms with Gasteiger partial charge >= 0.3 is 5.97 Å². The fraction of sp³-hybridized carbons (Fsp3) is 0.500. The van der Waals surface area contributed by atoms with Gasteiger partial charge in [-0.15, -0.1) is 0 Å². The number of unbranched alkanes of at least 4 members (excludes halogenated alkanes) is 1. The fourth-order valence-corrected chi connectivity index (χ4v) is 0.675. The predicted molar refractivity (Wildman–Crippen MR) is 49.8 cm³/mol. The molecule has 12 heavy (non-hydrogen) atoms. The Hall–Kier alpha value is -1.05. The van der Waals surface area contributed by atoms with Gasteiger partial charge in [0.25, 0.3) is 0 Å². The van der Waals surface area contributed by atoms with Gasteiger partial charge in [0.2, 0.25) is 0 Å². The van der Waals surface area contributed by atoms with E-state index in [0.717, 1.165) is 12.8 Å². The summed E-state index contributed by atoms with van der Waals surface area (Å²) in [5, 5.41) is 0. The second-order valence-electron chi connectivity index (χ2n) is 2.44. The Morgan fingerprint density at radius 1 is 1.50 bits per heavy atom. The lowest BCUT2D eigenvalue weighted by Gasteiger charge is -1.96. The largest absolute Gasteiger partial charge is 0.461 e. The summed E-state index contributed by atoms with van der Waals surface area (Å²) in [6.07, 6.45) is 7.90. The smallest absolute Gasteiger partial charge is 0.309 e. The summed E-state index contributed by atoms with van der Waals surface area (Å²) < 4.78 is 4.76. The minimum atomic E-state index is -0.192. The number of allylic oxidation sites excluding steroid dienone is 1. The van der Waals surface area contributed by atoms with E-state index >= 15 is 0 Å². The molecule has 2 heteroatoms. The van der Waals surface area contributed by atoms with Crippen LogP contribution in [0, 0.1) is 0 Å². The first-order chi connectivity index (χ1) is 5.81. The molecule has 0 saturated heterocycles. The minimum absolute atomic E-state index is 0.192. The molecule has 2 nitrogen and oxygen atoms in total. The molecule has 0 unspecified atom stereocenters. The molecular formula is C10H16O2. The van der Waals surface area contributed by atoms with E-state index in [1.54, 1.807) is 6.08 Å². The van der Waals surface area contributed by atoms with Crippen LogP contribution in [-0.2, 0) is 9.53 Å². The van der Waals surface area contributed by atoms with Crippen LogP contribution in [-0.4, -0.2) is 12.6 Å². The molecule has 0 bridgehead atoms. The zero-order valence-electron chi connectivity index (χ0n) is 7.58. The van der Waals surface area contributed by atoms with Crippen LogP contribution in [0.4, 0.5) is 0 Å². The molecular weight excluding hydrogens is 152 g/mol. The number of carbonyl (C=O) groups is 1. The van der Waals surface area contributed by atoms with Gasteiger partial charge in [0, 0.05) is 0 Å². The minimum Gasteiger partial charge on any atom is -0.461 e. The third-order valence-corrected chi connectivity index (χ3v) is 1.27. The predicted octanol–water partition coefficient (Wildman–Crippen LogP) is 2.46. The van der Waals surface area contributed by atoms with Crippen molar-refractivity contribution in [2.24, 2.45) is 0 Å². The fourth-order valence-electron chi connectivity index (χ4n) is 0.675. The van der Waals surface area contributed by atoms with E-state index in [1.165, 1.54) is 0 Å². The Labute approximate surface area is 73.9 Å². The molecule has 0 aromatic heterocycles. The highest BCUT2D eigenvalue weighted by molar-refractivity contribution is 5.71. The summed E-state index contributed by atoms with van der Waals surface area (Å²) in [6, 6.07) is 0. The van der Waals surface area contributed by atoms with Gasteiger partial charge in [-0.3, -0.25) is 4.79 Å². The Kier molecular flexibility index (Phi) is 7.35. The van der Waals surface area contributed by atoms with E-state index in [9.17, 15) is 4.79 Å². The average molecular weight is 168 g/mol. The zero-order chi connectivity index (χ0) is 9.23. The number of esters is 1. The van der Waals surface area contributed by atoms with Crippen molar-refractivity contribution >= 4 is 5.97 Å². The molecule has 68 valence electrons. The monoisotopic (exact) mass is 168 g/mol. The highest BCUT2D eigenvalue weighted by atomic mass is 16.5. The standard InChI is InChI=1S/C10H16O2/c1-3-5-6-7-8-10(11)12-9-4-2/h4,6-7H,2-3,5,8-9H2,1H3. The molecule has 0 amide bonds. The van der Waals surface area contributed by atoms with Crippen LogP contribution in [0.15, 0.2) is 24.8 Å². The Morgan fingerprint density at radius 2 is 2.25 bits per heavy atom. The maximum atomic E-state index is 10.8. The van der Waals surface area contributed by atoms with Gasteiger partial charge in [-0.2, -0.15) is 0 Å². The molecule has 0 heterocycles. The molecule has 0 aromatic rings. The molecule has 0 radical (unpaired) electrons. The highest BCUT2D eigenvalue weighted by Crippen LogP contribution is 1.93. The molecule has 0 aromatic carbocycles. The summed E-state index contributed by atoms with van der Waals surface area (Å²) in [6.45, 7) is 5.85. The quantitative estimate of drug-likeness (QED) is 0.450. The number of hydrogen-bond acceptors (Lipinski definition) is 2. The van der Waals surface area contributed by atoms with E-state index < -0.39 is 0 Å². The lowest BCUT2D eigenvalue weighted by atomic mass is 10.3. The molecule has 0 N–H and O–H groups in total. The molecule has 0 fully saturated rings. The van der Waals surface area contributed by atoms with Crippen LogP contribution in [0.25, 0.3) is 0 Å². The summed E-state index contributed by atoms with van der Waals surface area (Å²) in [5.74, 6) is -0.192. The molecule has 0 rings (SSSR count). The maximum Gasteiger partial charge on any atom is 0.309 e. The normalized spacial score (nSPS) is 10.1. The van der Waals surface area contributed by atoms with E-state index in [4.69, 9.17) is 4.74 Å². The van der Waals surface area contributed by atoms with Crippen molar-refractivity contribution in [3.8, 4) is 0 Å². The van der Waals surface area contributed by atoms with Crippen LogP contribution in [0.2, 0.25) is 0 Å². The van der Waals surface area contributed by atoms with Gasteiger partial charge in [0.15, 0.2) is 0 Å². The Bertz CT molecular complexity index is 159. The lowest BCUT2D eigenvalue weighted by Crippen LogP contribution is -2.01. The molecule has 0 aliphatic carbocycles. The molecule has 0 spiro atoms. The van der Waals surface area contributed by atoms with Crippen LogP contribution in [0.3, 0.4) is 0 Å². The highest BCUT2D eigenvalue weighted by Gasteiger charge is 1.95. The lowest BCUT2D eigenvalue weighted by molar-refractivity contribution is -0.141. The van der Waals surface area contributed by atoms with Crippen molar-refractivity contribution in [2.45, 2.75) is 26.2 Å². The van der Waals surface area contributed by atoms with Gasteiger partial charge in [0.1, 0.15) is 6.61 Å². The van der Waals surface area contributed by atoms with Gasteiger partial charge in [-0.1, -0.05) is 38.2 Å². The van der Waals surface area contributed by atoms with E-state index in [1.807, 2.05) is 12.2 Å². The topological polar surface area (TPSA) is 26.3 Å². The molecule has 0 aliphatic heterocycles. The van der Waals surface area contributed by atoms with Crippen molar-refractivity contribution in [3.05, 3.63) is 24.8 Å². The number of hydrogen-bond donors (Lipinski definition) is 0. The van der Waals surface area contributed by atoms with Crippen LogP contribution in [0.1, 0.15) is 26.2 Å². The van der Waals surface area contributed by atoms with Crippen LogP contribution in [0.5, 0.6) is 0 Å². The van der Waals surface area contributed by atoms with Crippen molar-refractivity contribution in [3.63, 3.8) is 0 Å². The SMILES string of the molecule is C=CCOC(=O)CC=CCCC. The van der Waals surface area contributed by atoms with Crippen molar-refractivity contribution in [2.75, 3.05) is 6.61 Å². The summed E-state index contributed by atoms with van der Waals surface area (Å²) in [4.78, 5) is 10.8. The van der Waals surface area contributed by atoms with E-state index in [2.05, 4.69) is 13.5 Å². The summed E-state index contributed by atoms with van der Waals surface area (Å²) in [5.41, 5.74) is 0. The van der Waals surface area contributed by atoms with Crippen molar-refractivity contribution in [1.29, 1.82) is 0 Å². The van der Waals surface area contributed by atoms with Gasteiger partial charge in [-0.25, -0.2) is 0 Å². The second kappa shape index (κ2) is 8.05. The van der Waals surface area contributed by atoms with Gasteiger partial charge in [0.05, 0.1) is 6.42 Å². The first-order valence-corrected chi connectivity index (χ1v) is 4.22. The Morgan fingerprint density at radius 3 is 2.83 bits per heavy atom. The average Bonchev–Trinajstić information content (AvgIpc) is 2.09. The molecule has 0 aliphatic rings. The van der Waals surface area contributed by atoms with Crippen LogP contribution < -0.4 is 0 Å². The number of carbonyl (C=O) groups excluding carboxylic acids is 1. The first-order valence-electron chi connectivity index (χ1n) is 4.22. The van der Waals surface area contributed by atoms with Crippen molar-refractivity contribution in [1.82, 2.24) is 0 Å². The summed E-state index contributed by atoms with van der Waals surface area (Å²) >= 11 is 0. The molecule has 0 saturated carbocycles.